The molecule has 1 rings (SSSR count). The number of ether oxygens (including phenoxy) is 1. The molecule has 80 valence electrons. The van der Waals surface area contributed by atoms with Gasteiger partial charge in [0.15, 0.2) is 0 Å². The van der Waals surface area contributed by atoms with E-state index in [9.17, 15) is 15.0 Å². The van der Waals surface area contributed by atoms with Crippen LogP contribution in [0, 0.1) is 0 Å². The van der Waals surface area contributed by atoms with E-state index in [1.165, 1.54) is 6.08 Å². The standard InChI is InChI=1S/C9H13ClO4/c1-4(10)8(12)6-3-7(11)5(2)14-9(6)13/h3-5,7-8,11-12H,1-2H3/t4-,5-,7+,8-/m1/s1. The molecule has 0 saturated heterocycles. The van der Waals surface area contributed by atoms with Crippen molar-refractivity contribution in [2.24, 2.45) is 0 Å². The summed E-state index contributed by atoms with van der Waals surface area (Å²) < 4.78 is 4.81. The third kappa shape index (κ3) is 2.26. The number of esters is 1. The van der Waals surface area contributed by atoms with Crippen LogP contribution in [0.1, 0.15) is 13.8 Å². The Kier molecular flexibility index (Phi) is 3.53. The molecule has 0 spiro atoms. The van der Waals surface area contributed by atoms with Crippen molar-refractivity contribution in [2.75, 3.05) is 0 Å². The van der Waals surface area contributed by atoms with Gasteiger partial charge in [-0.1, -0.05) is 0 Å². The van der Waals surface area contributed by atoms with Crippen molar-refractivity contribution < 1.29 is 19.7 Å². The fraction of sp³-hybridized carbons (Fsp3) is 0.667. The second-order valence-corrected chi connectivity index (χ2v) is 4.03. The smallest absolute Gasteiger partial charge is 0.336 e. The Morgan fingerprint density at radius 2 is 2.21 bits per heavy atom. The molecule has 0 saturated carbocycles. The summed E-state index contributed by atoms with van der Waals surface area (Å²) >= 11 is 5.63. The molecule has 0 fully saturated rings. The molecule has 2 N–H and O–H groups in total. The molecule has 0 unspecified atom stereocenters. The van der Waals surface area contributed by atoms with Gasteiger partial charge in [0.25, 0.3) is 0 Å². The van der Waals surface area contributed by atoms with Crippen molar-refractivity contribution in [3.8, 4) is 0 Å². The molecule has 1 aliphatic rings. The van der Waals surface area contributed by atoms with E-state index in [1.54, 1.807) is 13.8 Å². The molecule has 1 aliphatic heterocycles. The van der Waals surface area contributed by atoms with Gasteiger partial charge >= 0.3 is 5.97 Å². The maximum atomic E-state index is 11.3. The van der Waals surface area contributed by atoms with Gasteiger partial charge in [0.05, 0.1) is 11.0 Å². The van der Waals surface area contributed by atoms with Gasteiger partial charge < -0.3 is 14.9 Å². The predicted molar refractivity (Wildman–Crippen MR) is 51.0 cm³/mol. The van der Waals surface area contributed by atoms with Crippen LogP contribution in [0.5, 0.6) is 0 Å². The quantitative estimate of drug-likeness (QED) is 0.516. The lowest BCUT2D eigenvalue weighted by atomic mass is 10.0. The van der Waals surface area contributed by atoms with Crippen molar-refractivity contribution in [1.82, 2.24) is 0 Å². The number of alkyl halides is 1. The van der Waals surface area contributed by atoms with E-state index in [2.05, 4.69) is 0 Å². The minimum Gasteiger partial charge on any atom is -0.456 e. The molecule has 4 nitrogen and oxygen atoms in total. The number of carbonyl (C=O) groups is 1. The monoisotopic (exact) mass is 220 g/mol. The summed E-state index contributed by atoms with van der Waals surface area (Å²) in [5, 5.41) is 18.3. The van der Waals surface area contributed by atoms with Crippen molar-refractivity contribution in [1.29, 1.82) is 0 Å². The van der Waals surface area contributed by atoms with Crippen molar-refractivity contribution in [3.05, 3.63) is 11.6 Å². The van der Waals surface area contributed by atoms with Crippen LogP contribution in [-0.4, -0.2) is 39.9 Å². The highest BCUT2D eigenvalue weighted by Gasteiger charge is 2.32. The predicted octanol–water partition coefficient (Wildman–Crippen LogP) is 0.207. The van der Waals surface area contributed by atoms with Gasteiger partial charge in [-0.15, -0.1) is 11.6 Å². The number of aliphatic hydroxyl groups is 2. The first-order valence-electron chi connectivity index (χ1n) is 4.36. The van der Waals surface area contributed by atoms with Gasteiger partial charge in [0, 0.05) is 0 Å². The Hall–Kier alpha value is -0.580. The van der Waals surface area contributed by atoms with Gasteiger partial charge in [-0.3, -0.25) is 0 Å². The Morgan fingerprint density at radius 3 is 2.71 bits per heavy atom. The molecule has 0 aliphatic carbocycles. The average molecular weight is 221 g/mol. The number of cyclic esters (lactones) is 1. The summed E-state index contributed by atoms with van der Waals surface area (Å²) in [5.74, 6) is -0.622. The molecule has 0 amide bonds. The third-order valence-electron chi connectivity index (χ3n) is 2.11. The number of halogens is 1. The number of rotatable bonds is 2. The van der Waals surface area contributed by atoms with Crippen molar-refractivity contribution in [2.45, 2.75) is 37.5 Å². The zero-order valence-electron chi connectivity index (χ0n) is 7.98. The zero-order chi connectivity index (χ0) is 10.9. The highest BCUT2D eigenvalue weighted by molar-refractivity contribution is 6.21. The molecule has 0 bridgehead atoms. The molecule has 0 radical (unpaired) electrons. The zero-order valence-corrected chi connectivity index (χ0v) is 8.73. The van der Waals surface area contributed by atoms with Crippen LogP contribution in [0.15, 0.2) is 11.6 Å². The fourth-order valence-electron chi connectivity index (χ4n) is 1.16. The minimum atomic E-state index is -1.11. The van der Waals surface area contributed by atoms with Crippen molar-refractivity contribution in [3.63, 3.8) is 0 Å². The maximum Gasteiger partial charge on any atom is 0.336 e. The molecular formula is C9H13ClO4. The van der Waals surface area contributed by atoms with E-state index in [0.717, 1.165) is 0 Å². The molecule has 14 heavy (non-hydrogen) atoms. The molecule has 4 atom stereocenters. The van der Waals surface area contributed by atoms with Gasteiger partial charge in [-0.05, 0) is 19.9 Å². The topological polar surface area (TPSA) is 66.8 Å². The largest absolute Gasteiger partial charge is 0.456 e. The molecular weight excluding hydrogens is 208 g/mol. The number of hydrogen-bond acceptors (Lipinski definition) is 4. The molecule has 0 aromatic rings. The van der Waals surface area contributed by atoms with E-state index in [4.69, 9.17) is 16.3 Å². The van der Waals surface area contributed by atoms with Crippen LogP contribution in [0.2, 0.25) is 0 Å². The minimum absolute atomic E-state index is 0.0260. The van der Waals surface area contributed by atoms with Crippen LogP contribution in [0.4, 0.5) is 0 Å². The number of carbonyl (C=O) groups excluding carboxylic acids is 1. The lowest BCUT2D eigenvalue weighted by molar-refractivity contribution is -0.151. The second-order valence-electron chi connectivity index (χ2n) is 3.35. The Bertz CT molecular complexity index is 262. The van der Waals surface area contributed by atoms with Crippen LogP contribution in [-0.2, 0) is 9.53 Å². The molecule has 0 aromatic carbocycles. The lowest BCUT2D eigenvalue weighted by Gasteiger charge is -2.26. The summed E-state index contributed by atoms with van der Waals surface area (Å²) in [7, 11) is 0. The third-order valence-corrected chi connectivity index (χ3v) is 2.35. The lowest BCUT2D eigenvalue weighted by Crippen LogP contribution is -2.38. The SMILES string of the molecule is C[C@@H](Cl)[C@@H](O)C1=C[C@H](O)[C@@H](C)OC1=O. The summed E-state index contributed by atoms with van der Waals surface area (Å²) in [4.78, 5) is 11.3. The van der Waals surface area contributed by atoms with E-state index < -0.39 is 29.7 Å². The van der Waals surface area contributed by atoms with E-state index in [1.807, 2.05) is 0 Å². The summed E-state index contributed by atoms with van der Waals surface area (Å²) in [6.45, 7) is 3.14. The van der Waals surface area contributed by atoms with Crippen LogP contribution in [0.3, 0.4) is 0 Å². The first kappa shape index (κ1) is 11.5. The average Bonchev–Trinajstić information content (AvgIpc) is 2.10. The van der Waals surface area contributed by atoms with Crippen LogP contribution >= 0.6 is 11.6 Å². The molecule has 0 aromatic heterocycles. The van der Waals surface area contributed by atoms with E-state index in [0.29, 0.717) is 0 Å². The van der Waals surface area contributed by atoms with Crippen molar-refractivity contribution >= 4 is 17.6 Å². The molecule has 1 heterocycles. The molecule has 5 heteroatoms. The van der Waals surface area contributed by atoms with E-state index in [-0.39, 0.29) is 5.57 Å². The van der Waals surface area contributed by atoms with E-state index >= 15 is 0 Å². The highest BCUT2D eigenvalue weighted by Crippen LogP contribution is 2.20. The Morgan fingerprint density at radius 1 is 1.64 bits per heavy atom. The van der Waals surface area contributed by atoms with Gasteiger partial charge in [0.1, 0.15) is 18.3 Å². The van der Waals surface area contributed by atoms with Crippen LogP contribution in [0.25, 0.3) is 0 Å². The summed E-state index contributed by atoms with van der Waals surface area (Å²) in [5.41, 5.74) is 0.0260. The van der Waals surface area contributed by atoms with Crippen LogP contribution < -0.4 is 0 Å². The number of aliphatic hydroxyl groups excluding tert-OH is 2. The second kappa shape index (κ2) is 4.29. The van der Waals surface area contributed by atoms with Gasteiger partial charge in [0.2, 0.25) is 0 Å². The Labute approximate surface area is 87.1 Å². The first-order chi connectivity index (χ1) is 6.43. The van der Waals surface area contributed by atoms with Gasteiger partial charge in [-0.2, -0.15) is 0 Å². The first-order valence-corrected chi connectivity index (χ1v) is 4.80. The maximum absolute atomic E-state index is 11.3. The Balaban J connectivity index is 2.87. The normalized spacial score (nSPS) is 31.8. The highest BCUT2D eigenvalue weighted by atomic mass is 35.5. The summed E-state index contributed by atoms with van der Waals surface area (Å²) in [6.07, 6.45) is -1.27. The summed E-state index contributed by atoms with van der Waals surface area (Å²) in [6, 6.07) is 0. The van der Waals surface area contributed by atoms with Gasteiger partial charge in [-0.25, -0.2) is 4.79 Å². The fourth-order valence-corrected chi connectivity index (χ4v) is 1.30. The number of hydrogen-bond donors (Lipinski definition) is 2.